The van der Waals surface area contributed by atoms with Crippen molar-refractivity contribution in [2.24, 2.45) is 11.8 Å². The fraction of sp³-hybridized carbons (Fsp3) is 0.692. The van der Waals surface area contributed by atoms with Crippen molar-refractivity contribution in [3.05, 3.63) is 16.3 Å². The van der Waals surface area contributed by atoms with Crippen molar-refractivity contribution in [1.82, 2.24) is 5.32 Å². The van der Waals surface area contributed by atoms with Crippen LogP contribution in [0.5, 0.6) is 5.75 Å². The highest BCUT2D eigenvalue weighted by molar-refractivity contribution is 7.10. The van der Waals surface area contributed by atoms with Crippen LogP contribution in [0.15, 0.2) is 11.4 Å². The molecule has 2 aliphatic carbocycles. The first kappa shape index (κ1) is 10.6. The molecule has 0 aliphatic heterocycles. The maximum absolute atomic E-state index is 5.33. The zero-order chi connectivity index (χ0) is 11.0. The van der Waals surface area contributed by atoms with Gasteiger partial charge in [-0.15, -0.1) is 11.3 Å². The van der Waals surface area contributed by atoms with Crippen molar-refractivity contribution in [2.75, 3.05) is 7.11 Å². The lowest BCUT2D eigenvalue weighted by molar-refractivity contribution is 0.348. The van der Waals surface area contributed by atoms with Gasteiger partial charge in [-0.05, 0) is 42.5 Å². The van der Waals surface area contributed by atoms with Crippen LogP contribution in [0.2, 0.25) is 0 Å². The quantitative estimate of drug-likeness (QED) is 0.869. The van der Waals surface area contributed by atoms with Gasteiger partial charge in [0.05, 0.1) is 12.0 Å². The van der Waals surface area contributed by atoms with Crippen molar-refractivity contribution in [2.45, 2.75) is 38.3 Å². The van der Waals surface area contributed by atoms with Gasteiger partial charge in [0.1, 0.15) is 5.75 Å². The smallest absolute Gasteiger partial charge is 0.134 e. The maximum atomic E-state index is 5.33. The second kappa shape index (κ2) is 4.38. The van der Waals surface area contributed by atoms with Gasteiger partial charge in [0.15, 0.2) is 0 Å². The zero-order valence-corrected chi connectivity index (χ0v) is 10.6. The Labute approximate surface area is 101 Å². The SMILES string of the molecule is COc1ccsc1CNC1CC2CCC1C2. The van der Waals surface area contributed by atoms with Crippen LogP contribution in [0.25, 0.3) is 0 Å². The summed E-state index contributed by atoms with van der Waals surface area (Å²) >= 11 is 1.79. The molecule has 2 aliphatic rings. The monoisotopic (exact) mass is 237 g/mol. The largest absolute Gasteiger partial charge is 0.496 e. The van der Waals surface area contributed by atoms with E-state index < -0.39 is 0 Å². The Kier molecular flexibility index (Phi) is 2.90. The zero-order valence-electron chi connectivity index (χ0n) is 9.74. The third-order valence-corrected chi connectivity index (χ3v) is 5.09. The summed E-state index contributed by atoms with van der Waals surface area (Å²) in [6.07, 6.45) is 5.80. The van der Waals surface area contributed by atoms with Gasteiger partial charge in [0.2, 0.25) is 0 Å². The van der Waals surface area contributed by atoms with Gasteiger partial charge in [-0.2, -0.15) is 0 Å². The number of thiophene rings is 1. The molecule has 3 atom stereocenters. The molecule has 1 N–H and O–H groups in total. The Morgan fingerprint density at radius 1 is 1.44 bits per heavy atom. The van der Waals surface area contributed by atoms with Crippen molar-refractivity contribution in [3.63, 3.8) is 0 Å². The number of fused-ring (bicyclic) bond motifs is 2. The predicted molar refractivity (Wildman–Crippen MR) is 66.9 cm³/mol. The van der Waals surface area contributed by atoms with Crippen molar-refractivity contribution < 1.29 is 4.74 Å². The normalized spacial score (nSPS) is 32.2. The molecule has 0 aromatic carbocycles. The van der Waals surface area contributed by atoms with Gasteiger partial charge in [-0.1, -0.05) is 6.42 Å². The van der Waals surface area contributed by atoms with Gasteiger partial charge < -0.3 is 10.1 Å². The van der Waals surface area contributed by atoms with E-state index in [1.165, 1.54) is 30.6 Å². The van der Waals surface area contributed by atoms with E-state index in [0.717, 1.165) is 30.2 Å². The molecule has 2 fully saturated rings. The Morgan fingerprint density at radius 3 is 3.06 bits per heavy atom. The second-order valence-corrected chi connectivity index (χ2v) is 6.08. The summed E-state index contributed by atoms with van der Waals surface area (Å²) in [7, 11) is 1.75. The molecule has 1 heterocycles. The molecule has 0 radical (unpaired) electrons. The summed E-state index contributed by atoms with van der Waals surface area (Å²) in [5.74, 6) is 3.02. The van der Waals surface area contributed by atoms with Crippen LogP contribution < -0.4 is 10.1 Å². The number of methoxy groups -OCH3 is 1. The first-order valence-corrected chi connectivity index (χ1v) is 7.08. The van der Waals surface area contributed by atoms with E-state index in [0.29, 0.717) is 0 Å². The lowest BCUT2D eigenvalue weighted by Crippen LogP contribution is -2.33. The Balaban J connectivity index is 1.57. The molecule has 1 aromatic rings. The summed E-state index contributed by atoms with van der Waals surface area (Å²) in [6, 6.07) is 2.83. The minimum absolute atomic E-state index is 0.769. The Hall–Kier alpha value is -0.540. The number of ether oxygens (including phenoxy) is 1. The lowest BCUT2D eigenvalue weighted by atomic mass is 9.95. The maximum Gasteiger partial charge on any atom is 0.134 e. The molecular weight excluding hydrogens is 218 g/mol. The van der Waals surface area contributed by atoms with Gasteiger partial charge in [-0.3, -0.25) is 0 Å². The van der Waals surface area contributed by atoms with Crippen LogP contribution in [0.4, 0.5) is 0 Å². The first-order chi connectivity index (χ1) is 7.86. The van der Waals surface area contributed by atoms with E-state index in [2.05, 4.69) is 16.8 Å². The molecular formula is C13H19NOS. The number of hydrogen-bond donors (Lipinski definition) is 1. The molecule has 0 saturated heterocycles. The van der Waals surface area contributed by atoms with Gasteiger partial charge >= 0.3 is 0 Å². The summed E-state index contributed by atoms with van der Waals surface area (Å²) in [4.78, 5) is 1.34. The number of rotatable bonds is 4. The fourth-order valence-corrected chi connectivity index (χ4v) is 4.15. The van der Waals surface area contributed by atoms with E-state index in [1.807, 2.05) is 0 Å². The summed E-state index contributed by atoms with van der Waals surface area (Å²) < 4.78 is 5.33. The Bertz CT molecular complexity index is 363. The fourth-order valence-electron chi connectivity index (χ4n) is 3.36. The van der Waals surface area contributed by atoms with Crippen LogP contribution in [0.3, 0.4) is 0 Å². The van der Waals surface area contributed by atoms with Crippen molar-refractivity contribution in [1.29, 1.82) is 0 Å². The van der Waals surface area contributed by atoms with Crippen molar-refractivity contribution >= 4 is 11.3 Å². The molecule has 3 heteroatoms. The van der Waals surface area contributed by atoms with Gasteiger partial charge in [-0.25, -0.2) is 0 Å². The van der Waals surface area contributed by atoms with Crippen molar-refractivity contribution in [3.8, 4) is 5.75 Å². The van der Waals surface area contributed by atoms with E-state index in [9.17, 15) is 0 Å². The third-order valence-electron chi connectivity index (χ3n) is 4.19. The molecule has 1 aromatic heterocycles. The van der Waals surface area contributed by atoms with E-state index in [1.54, 1.807) is 18.4 Å². The molecule has 3 unspecified atom stereocenters. The molecule has 16 heavy (non-hydrogen) atoms. The predicted octanol–water partition coefficient (Wildman–Crippen LogP) is 3.03. The minimum Gasteiger partial charge on any atom is -0.496 e. The standard InChI is InChI=1S/C13H19NOS/c1-15-12-4-5-16-13(12)8-14-11-7-9-2-3-10(11)6-9/h4-5,9-11,14H,2-3,6-8H2,1H3. The van der Waals surface area contributed by atoms with Gasteiger partial charge in [0.25, 0.3) is 0 Å². The summed E-state index contributed by atoms with van der Waals surface area (Å²) in [6.45, 7) is 0.981. The third kappa shape index (κ3) is 1.87. The molecule has 3 rings (SSSR count). The first-order valence-electron chi connectivity index (χ1n) is 6.20. The average molecular weight is 237 g/mol. The summed E-state index contributed by atoms with van der Waals surface area (Å²) in [5.41, 5.74) is 0. The highest BCUT2D eigenvalue weighted by atomic mass is 32.1. The van der Waals surface area contributed by atoms with Crippen LogP contribution >= 0.6 is 11.3 Å². The van der Waals surface area contributed by atoms with Crippen LogP contribution in [0.1, 0.15) is 30.6 Å². The van der Waals surface area contributed by atoms with E-state index >= 15 is 0 Å². The number of hydrogen-bond acceptors (Lipinski definition) is 3. The van der Waals surface area contributed by atoms with Crippen LogP contribution in [0, 0.1) is 11.8 Å². The summed E-state index contributed by atoms with van der Waals surface area (Å²) in [5, 5.41) is 5.83. The molecule has 2 bridgehead atoms. The molecule has 0 amide bonds. The molecule has 0 spiro atoms. The van der Waals surface area contributed by atoms with Crippen LogP contribution in [-0.2, 0) is 6.54 Å². The molecule has 2 saturated carbocycles. The van der Waals surface area contributed by atoms with Gasteiger partial charge in [0, 0.05) is 12.6 Å². The average Bonchev–Trinajstić information content (AvgIpc) is 3.01. The lowest BCUT2D eigenvalue weighted by Gasteiger charge is -2.22. The highest BCUT2D eigenvalue weighted by Crippen LogP contribution is 2.44. The highest BCUT2D eigenvalue weighted by Gasteiger charge is 2.39. The topological polar surface area (TPSA) is 21.3 Å². The number of nitrogens with one attached hydrogen (secondary N) is 1. The Morgan fingerprint density at radius 2 is 2.38 bits per heavy atom. The minimum atomic E-state index is 0.769. The molecule has 88 valence electrons. The van der Waals surface area contributed by atoms with E-state index in [-0.39, 0.29) is 0 Å². The van der Waals surface area contributed by atoms with E-state index in [4.69, 9.17) is 4.74 Å². The molecule has 2 nitrogen and oxygen atoms in total. The van der Waals surface area contributed by atoms with Crippen LogP contribution in [-0.4, -0.2) is 13.2 Å². The second-order valence-electron chi connectivity index (χ2n) is 5.07.